The maximum absolute atomic E-state index is 6.32. The minimum Gasteiger partial charge on any atom is -0.327 e. The lowest BCUT2D eigenvalue weighted by Crippen LogP contribution is -2.42. The number of hydrogen-bond acceptors (Lipinski definition) is 3. The quantitative estimate of drug-likeness (QED) is 0.767. The lowest BCUT2D eigenvalue weighted by atomic mass is 9.85. The Bertz CT molecular complexity index is 213. The summed E-state index contributed by atoms with van der Waals surface area (Å²) >= 11 is 0. The van der Waals surface area contributed by atoms with E-state index in [9.17, 15) is 0 Å². The van der Waals surface area contributed by atoms with Crippen LogP contribution in [0.4, 0.5) is 0 Å². The van der Waals surface area contributed by atoms with Gasteiger partial charge >= 0.3 is 0 Å². The lowest BCUT2D eigenvalue weighted by Gasteiger charge is -2.29. The van der Waals surface area contributed by atoms with Crippen LogP contribution in [0.1, 0.15) is 26.7 Å². The Labute approximate surface area is 101 Å². The fraction of sp³-hybridized carbons (Fsp3) is 1.00. The molecule has 0 bridgehead atoms. The first-order valence-electron chi connectivity index (χ1n) is 6.42. The molecule has 0 aromatic carbocycles. The topological polar surface area (TPSA) is 32.5 Å². The van der Waals surface area contributed by atoms with Crippen molar-refractivity contribution in [2.24, 2.45) is 17.1 Å². The summed E-state index contributed by atoms with van der Waals surface area (Å²) in [6.45, 7) is 8.02. The molecular formula is C13H29N3. The van der Waals surface area contributed by atoms with Gasteiger partial charge in [0.2, 0.25) is 0 Å². The standard InChI is InChI=1S/C13H29N3/c1-13(2)7-6-11(12(13)14)10-16(5)9-8-15(3)4/h11-12H,6-10,14H2,1-5H3. The second-order valence-corrected chi connectivity index (χ2v) is 6.38. The number of hydrogen-bond donors (Lipinski definition) is 1. The van der Waals surface area contributed by atoms with E-state index in [0.717, 1.165) is 19.6 Å². The highest BCUT2D eigenvalue weighted by Crippen LogP contribution is 2.40. The highest BCUT2D eigenvalue weighted by atomic mass is 15.2. The molecule has 0 spiro atoms. The fourth-order valence-corrected chi connectivity index (χ4v) is 2.61. The van der Waals surface area contributed by atoms with Gasteiger partial charge in [-0.3, -0.25) is 0 Å². The van der Waals surface area contributed by atoms with E-state index in [1.54, 1.807) is 0 Å². The number of likely N-dealkylation sites (N-methyl/N-ethyl adjacent to an activating group) is 2. The monoisotopic (exact) mass is 227 g/mol. The highest BCUT2D eigenvalue weighted by Gasteiger charge is 2.39. The van der Waals surface area contributed by atoms with Crippen molar-refractivity contribution in [2.75, 3.05) is 40.8 Å². The maximum atomic E-state index is 6.32. The van der Waals surface area contributed by atoms with E-state index < -0.39 is 0 Å². The Morgan fingerprint density at radius 3 is 2.25 bits per heavy atom. The second-order valence-electron chi connectivity index (χ2n) is 6.38. The fourth-order valence-electron chi connectivity index (χ4n) is 2.61. The lowest BCUT2D eigenvalue weighted by molar-refractivity contribution is 0.219. The molecule has 3 nitrogen and oxygen atoms in total. The number of nitrogens with two attached hydrogens (primary N) is 1. The van der Waals surface area contributed by atoms with E-state index in [1.807, 2.05) is 0 Å². The second kappa shape index (κ2) is 5.48. The highest BCUT2D eigenvalue weighted by molar-refractivity contribution is 4.94. The molecule has 2 unspecified atom stereocenters. The summed E-state index contributed by atoms with van der Waals surface area (Å²) in [5, 5.41) is 0. The predicted molar refractivity (Wildman–Crippen MR) is 70.5 cm³/mol. The summed E-state index contributed by atoms with van der Waals surface area (Å²) in [4.78, 5) is 4.65. The summed E-state index contributed by atoms with van der Waals surface area (Å²) in [6.07, 6.45) is 2.57. The first kappa shape index (κ1) is 13.9. The molecule has 0 heterocycles. The summed E-state index contributed by atoms with van der Waals surface area (Å²) in [5.74, 6) is 0.683. The van der Waals surface area contributed by atoms with Gasteiger partial charge in [-0.25, -0.2) is 0 Å². The molecule has 3 heteroatoms. The van der Waals surface area contributed by atoms with Crippen molar-refractivity contribution in [3.63, 3.8) is 0 Å². The SMILES string of the molecule is CN(C)CCN(C)CC1CCC(C)(C)C1N. The Balaban J connectivity index is 2.32. The zero-order chi connectivity index (χ0) is 12.3. The van der Waals surface area contributed by atoms with Crippen LogP contribution in [-0.2, 0) is 0 Å². The molecule has 0 saturated heterocycles. The first-order chi connectivity index (χ1) is 7.33. The summed E-state index contributed by atoms with van der Waals surface area (Å²) in [7, 11) is 6.46. The molecular weight excluding hydrogens is 198 g/mol. The third-order valence-corrected chi connectivity index (χ3v) is 4.04. The van der Waals surface area contributed by atoms with Crippen LogP contribution in [-0.4, -0.2) is 56.6 Å². The molecule has 0 aliphatic heterocycles. The van der Waals surface area contributed by atoms with Gasteiger partial charge in [0.15, 0.2) is 0 Å². The van der Waals surface area contributed by atoms with Gasteiger partial charge in [0.25, 0.3) is 0 Å². The zero-order valence-corrected chi connectivity index (χ0v) is 11.7. The van der Waals surface area contributed by atoms with Gasteiger partial charge in [0.05, 0.1) is 0 Å². The Morgan fingerprint density at radius 1 is 1.19 bits per heavy atom. The molecule has 1 aliphatic rings. The van der Waals surface area contributed by atoms with Gasteiger partial charge in [0.1, 0.15) is 0 Å². The number of nitrogens with zero attached hydrogens (tertiary/aromatic N) is 2. The first-order valence-corrected chi connectivity index (χ1v) is 6.42. The van der Waals surface area contributed by atoms with Crippen molar-refractivity contribution in [3.05, 3.63) is 0 Å². The summed E-state index contributed by atoms with van der Waals surface area (Å²) in [5.41, 5.74) is 6.66. The Hall–Kier alpha value is -0.120. The van der Waals surface area contributed by atoms with Gasteiger partial charge in [-0.1, -0.05) is 13.8 Å². The van der Waals surface area contributed by atoms with Crippen LogP contribution in [0.5, 0.6) is 0 Å². The Kier molecular flexibility index (Phi) is 4.77. The maximum Gasteiger partial charge on any atom is 0.0131 e. The smallest absolute Gasteiger partial charge is 0.0131 e. The molecule has 16 heavy (non-hydrogen) atoms. The molecule has 0 aromatic heterocycles. The molecule has 96 valence electrons. The van der Waals surface area contributed by atoms with Crippen LogP contribution >= 0.6 is 0 Å². The largest absolute Gasteiger partial charge is 0.327 e. The van der Waals surface area contributed by atoms with Gasteiger partial charge in [-0.05, 0) is 45.3 Å². The third kappa shape index (κ3) is 3.72. The van der Waals surface area contributed by atoms with Crippen LogP contribution < -0.4 is 5.73 Å². The molecule has 1 rings (SSSR count). The minimum atomic E-state index is 0.340. The average molecular weight is 227 g/mol. The molecule has 2 atom stereocenters. The molecule has 1 aliphatic carbocycles. The van der Waals surface area contributed by atoms with E-state index in [4.69, 9.17) is 5.73 Å². The van der Waals surface area contributed by atoms with Crippen molar-refractivity contribution >= 4 is 0 Å². The normalized spacial score (nSPS) is 29.2. The average Bonchev–Trinajstić information content (AvgIpc) is 2.42. The van der Waals surface area contributed by atoms with Crippen molar-refractivity contribution in [2.45, 2.75) is 32.7 Å². The van der Waals surface area contributed by atoms with Crippen LogP contribution in [0.15, 0.2) is 0 Å². The zero-order valence-electron chi connectivity index (χ0n) is 11.7. The van der Waals surface area contributed by atoms with E-state index >= 15 is 0 Å². The predicted octanol–water partition coefficient (Wildman–Crippen LogP) is 1.24. The molecule has 0 aromatic rings. The van der Waals surface area contributed by atoms with Gasteiger partial charge in [-0.15, -0.1) is 0 Å². The van der Waals surface area contributed by atoms with Crippen molar-refractivity contribution in [3.8, 4) is 0 Å². The molecule has 1 fully saturated rings. The van der Waals surface area contributed by atoms with E-state index in [2.05, 4.69) is 44.8 Å². The Morgan fingerprint density at radius 2 is 1.81 bits per heavy atom. The molecule has 0 radical (unpaired) electrons. The number of rotatable bonds is 5. The summed E-state index contributed by atoms with van der Waals surface area (Å²) in [6, 6.07) is 0.370. The van der Waals surface area contributed by atoms with E-state index in [0.29, 0.717) is 17.4 Å². The summed E-state index contributed by atoms with van der Waals surface area (Å²) < 4.78 is 0. The van der Waals surface area contributed by atoms with Crippen LogP contribution in [0, 0.1) is 11.3 Å². The van der Waals surface area contributed by atoms with Crippen LogP contribution in [0.3, 0.4) is 0 Å². The van der Waals surface area contributed by atoms with Crippen LogP contribution in [0.25, 0.3) is 0 Å². The van der Waals surface area contributed by atoms with Gasteiger partial charge < -0.3 is 15.5 Å². The van der Waals surface area contributed by atoms with Crippen LogP contribution in [0.2, 0.25) is 0 Å². The van der Waals surface area contributed by atoms with E-state index in [1.165, 1.54) is 12.8 Å². The van der Waals surface area contributed by atoms with Gasteiger partial charge in [0, 0.05) is 25.7 Å². The van der Waals surface area contributed by atoms with Crippen molar-refractivity contribution in [1.29, 1.82) is 0 Å². The minimum absolute atomic E-state index is 0.340. The molecule has 1 saturated carbocycles. The van der Waals surface area contributed by atoms with E-state index in [-0.39, 0.29) is 0 Å². The molecule has 2 N–H and O–H groups in total. The van der Waals surface area contributed by atoms with Gasteiger partial charge in [-0.2, -0.15) is 0 Å². The molecule has 0 amide bonds. The van der Waals surface area contributed by atoms with Crippen molar-refractivity contribution < 1.29 is 0 Å². The van der Waals surface area contributed by atoms with Crippen molar-refractivity contribution in [1.82, 2.24) is 9.80 Å². The third-order valence-electron chi connectivity index (χ3n) is 4.04.